The molecule has 5 rings (SSSR count). The maximum absolute atomic E-state index is 14.8. The molecule has 2 aromatic carbocycles. The number of fused-ring (bicyclic) bond motifs is 1. The van der Waals surface area contributed by atoms with E-state index in [0.29, 0.717) is 18.9 Å². The number of pyridine rings is 1. The van der Waals surface area contributed by atoms with Gasteiger partial charge in [0, 0.05) is 29.5 Å². The minimum absolute atomic E-state index is 0.137. The van der Waals surface area contributed by atoms with Gasteiger partial charge in [0.15, 0.2) is 11.6 Å². The zero-order valence-electron chi connectivity index (χ0n) is 18.6. The van der Waals surface area contributed by atoms with Crippen molar-refractivity contribution in [1.29, 1.82) is 0 Å². The number of benzene rings is 2. The Bertz CT molecular complexity index is 1180. The molecule has 0 bridgehead atoms. The summed E-state index contributed by atoms with van der Waals surface area (Å²) in [5.74, 6) is 0.311. The molecule has 2 N–H and O–H groups in total. The Balaban J connectivity index is 1.32. The normalized spacial score (nSPS) is 21.9. The second-order valence-corrected chi connectivity index (χ2v) is 9.18. The zero-order chi connectivity index (χ0) is 22.9. The van der Waals surface area contributed by atoms with Crippen molar-refractivity contribution in [2.24, 2.45) is 11.8 Å². The van der Waals surface area contributed by atoms with Gasteiger partial charge in [-0.15, -0.1) is 0 Å². The average Bonchev–Trinajstić information content (AvgIpc) is 3.46. The quantitative estimate of drug-likeness (QED) is 0.407. The average molecular weight is 450 g/mol. The van der Waals surface area contributed by atoms with Crippen LogP contribution >= 0.6 is 0 Å². The maximum Gasteiger partial charge on any atom is 0.246 e. The molecule has 1 aliphatic carbocycles. The van der Waals surface area contributed by atoms with Crippen LogP contribution in [0.15, 0.2) is 48.5 Å². The molecule has 2 aliphatic rings. The Morgan fingerprint density at radius 2 is 2.12 bits per heavy atom. The maximum atomic E-state index is 14.8. The number of nitrogens with one attached hydrogen (secondary N) is 1. The van der Waals surface area contributed by atoms with Gasteiger partial charge in [-0.1, -0.05) is 24.3 Å². The summed E-state index contributed by atoms with van der Waals surface area (Å²) in [4.78, 5) is 18.7. The molecule has 3 atom stereocenters. The molecular weight excluding hydrogens is 421 g/mol. The zero-order valence-corrected chi connectivity index (χ0v) is 18.6. The standard InChI is InChI=1S/C26H28FN3O3/c1-16-5-4-10-30(16)25-14-19(20-6-2-3-7-23(20)28-25)15-33-24-9-8-17(12-22(24)27)11-18-13-21(18)26(31)29-32/h2-3,6-9,12,14,16,18,21,32H,4-5,10-11,13,15H2,1H3,(H,29,31). The highest BCUT2D eigenvalue weighted by molar-refractivity contribution is 5.84. The van der Waals surface area contributed by atoms with Crippen LogP contribution in [0.5, 0.6) is 5.75 Å². The molecule has 7 heteroatoms. The third-order valence-electron chi connectivity index (χ3n) is 6.88. The molecule has 3 aromatic rings. The van der Waals surface area contributed by atoms with Crippen molar-refractivity contribution in [3.63, 3.8) is 0 Å². The first-order valence-corrected chi connectivity index (χ1v) is 11.5. The van der Waals surface area contributed by atoms with Gasteiger partial charge in [0.1, 0.15) is 12.4 Å². The fourth-order valence-corrected chi connectivity index (χ4v) is 4.90. The largest absolute Gasteiger partial charge is 0.486 e. The highest BCUT2D eigenvalue weighted by Crippen LogP contribution is 2.41. The lowest BCUT2D eigenvalue weighted by Gasteiger charge is -2.24. The number of hydrogen-bond donors (Lipinski definition) is 2. The summed E-state index contributed by atoms with van der Waals surface area (Å²) in [6.07, 6.45) is 3.62. The lowest BCUT2D eigenvalue weighted by molar-refractivity contribution is -0.130. The summed E-state index contributed by atoms with van der Waals surface area (Å²) in [7, 11) is 0. The van der Waals surface area contributed by atoms with E-state index in [1.807, 2.05) is 30.3 Å². The SMILES string of the molecule is CC1CCCN1c1cc(COc2ccc(CC3CC3C(=O)NO)cc2F)c2ccccc2n1. The molecule has 6 nitrogen and oxygen atoms in total. The first-order valence-electron chi connectivity index (χ1n) is 11.5. The predicted molar refractivity (Wildman–Crippen MR) is 124 cm³/mol. The van der Waals surface area contributed by atoms with Crippen LogP contribution in [0.25, 0.3) is 10.9 Å². The lowest BCUT2D eigenvalue weighted by Crippen LogP contribution is -2.27. The van der Waals surface area contributed by atoms with Crippen LogP contribution in [0.1, 0.15) is 37.3 Å². The van der Waals surface area contributed by atoms with Crippen LogP contribution in [0.4, 0.5) is 10.2 Å². The topological polar surface area (TPSA) is 74.7 Å². The molecule has 0 spiro atoms. The van der Waals surface area contributed by atoms with Gasteiger partial charge < -0.3 is 9.64 Å². The molecule has 1 saturated heterocycles. The minimum Gasteiger partial charge on any atom is -0.486 e. The van der Waals surface area contributed by atoms with E-state index >= 15 is 0 Å². The summed E-state index contributed by atoms with van der Waals surface area (Å²) in [6.45, 7) is 3.46. The predicted octanol–water partition coefficient (Wildman–Crippen LogP) is 4.63. The van der Waals surface area contributed by atoms with E-state index in [9.17, 15) is 9.18 Å². The second kappa shape index (κ2) is 8.98. The van der Waals surface area contributed by atoms with Crippen LogP contribution in [0.2, 0.25) is 0 Å². The number of rotatable bonds is 7. The van der Waals surface area contributed by atoms with Crippen molar-refractivity contribution < 1.29 is 19.1 Å². The van der Waals surface area contributed by atoms with Crippen molar-refractivity contribution in [2.45, 2.75) is 45.3 Å². The minimum atomic E-state index is -0.414. The Hall–Kier alpha value is -3.19. The number of carbonyl (C=O) groups is 1. The summed E-state index contributed by atoms with van der Waals surface area (Å²) >= 11 is 0. The van der Waals surface area contributed by atoms with E-state index < -0.39 is 5.82 Å². The molecule has 2 heterocycles. The van der Waals surface area contributed by atoms with Gasteiger partial charge in [-0.3, -0.25) is 10.0 Å². The van der Waals surface area contributed by atoms with Gasteiger partial charge in [-0.05, 0) is 68.4 Å². The molecule has 33 heavy (non-hydrogen) atoms. The molecule has 1 saturated carbocycles. The van der Waals surface area contributed by atoms with Gasteiger partial charge in [-0.25, -0.2) is 14.9 Å². The van der Waals surface area contributed by atoms with Gasteiger partial charge in [0.05, 0.1) is 5.52 Å². The van der Waals surface area contributed by atoms with Crippen LogP contribution in [0, 0.1) is 17.7 Å². The molecule has 172 valence electrons. The first kappa shape index (κ1) is 21.6. The highest BCUT2D eigenvalue weighted by Gasteiger charge is 2.42. The monoisotopic (exact) mass is 449 g/mol. The Labute approximate surface area is 192 Å². The van der Waals surface area contributed by atoms with Gasteiger partial charge in [0.2, 0.25) is 5.91 Å². The number of hydroxylamine groups is 1. The van der Waals surface area contributed by atoms with Crippen molar-refractivity contribution in [1.82, 2.24) is 10.5 Å². The Morgan fingerprint density at radius 3 is 2.88 bits per heavy atom. The van der Waals surface area contributed by atoms with E-state index in [1.54, 1.807) is 11.5 Å². The van der Waals surface area contributed by atoms with Crippen molar-refractivity contribution >= 4 is 22.6 Å². The number of hydrogen-bond acceptors (Lipinski definition) is 5. The fraction of sp³-hybridized carbons (Fsp3) is 0.385. The number of nitrogens with zero attached hydrogens (tertiary/aromatic N) is 2. The second-order valence-electron chi connectivity index (χ2n) is 9.18. The number of amides is 1. The summed E-state index contributed by atoms with van der Waals surface area (Å²) in [5, 5.41) is 9.74. The lowest BCUT2D eigenvalue weighted by atomic mass is 10.1. The number of anilines is 1. The molecule has 1 amide bonds. The van der Waals surface area contributed by atoms with Crippen molar-refractivity contribution in [2.75, 3.05) is 11.4 Å². The number of aromatic nitrogens is 1. The number of halogens is 1. The summed E-state index contributed by atoms with van der Waals surface area (Å²) in [6, 6.07) is 15.5. The Morgan fingerprint density at radius 1 is 1.27 bits per heavy atom. The summed E-state index contributed by atoms with van der Waals surface area (Å²) < 4.78 is 20.7. The number of carbonyl (C=O) groups excluding carboxylic acids is 1. The van der Waals surface area contributed by atoms with Gasteiger partial charge in [0.25, 0.3) is 0 Å². The molecule has 3 unspecified atom stereocenters. The van der Waals surface area contributed by atoms with E-state index in [4.69, 9.17) is 14.9 Å². The molecule has 1 aromatic heterocycles. The molecule has 2 fully saturated rings. The first-order chi connectivity index (χ1) is 16.0. The fourth-order valence-electron chi connectivity index (χ4n) is 4.90. The van der Waals surface area contributed by atoms with E-state index in [0.717, 1.165) is 47.2 Å². The Kier molecular flexibility index (Phi) is 5.89. The van der Waals surface area contributed by atoms with E-state index in [2.05, 4.69) is 17.9 Å². The van der Waals surface area contributed by atoms with Crippen LogP contribution in [-0.2, 0) is 17.8 Å². The molecular formula is C26H28FN3O3. The van der Waals surface area contributed by atoms with Gasteiger partial charge in [-0.2, -0.15) is 0 Å². The highest BCUT2D eigenvalue weighted by atomic mass is 19.1. The summed E-state index contributed by atoms with van der Waals surface area (Å²) in [5.41, 5.74) is 4.40. The van der Waals surface area contributed by atoms with E-state index in [-0.39, 0.29) is 30.1 Å². The van der Waals surface area contributed by atoms with Crippen LogP contribution in [-0.4, -0.2) is 28.7 Å². The number of ether oxygens (including phenoxy) is 1. The van der Waals surface area contributed by atoms with E-state index in [1.165, 1.54) is 6.07 Å². The third kappa shape index (κ3) is 4.50. The molecule has 0 radical (unpaired) electrons. The molecule has 1 aliphatic heterocycles. The van der Waals surface area contributed by atoms with Crippen molar-refractivity contribution in [3.05, 3.63) is 65.5 Å². The smallest absolute Gasteiger partial charge is 0.246 e. The number of para-hydroxylation sites is 1. The van der Waals surface area contributed by atoms with Crippen LogP contribution < -0.4 is 15.1 Å². The van der Waals surface area contributed by atoms with Crippen LogP contribution in [0.3, 0.4) is 0 Å². The van der Waals surface area contributed by atoms with Gasteiger partial charge >= 0.3 is 0 Å². The third-order valence-corrected chi connectivity index (χ3v) is 6.88. The van der Waals surface area contributed by atoms with Crippen molar-refractivity contribution in [3.8, 4) is 5.75 Å².